The van der Waals surface area contributed by atoms with Crippen LogP contribution in [0, 0.1) is 6.92 Å². The van der Waals surface area contributed by atoms with E-state index in [0.29, 0.717) is 5.16 Å². The van der Waals surface area contributed by atoms with Crippen molar-refractivity contribution in [3.63, 3.8) is 0 Å². The Kier molecular flexibility index (Phi) is 6.59. The number of amides is 1. The van der Waals surface area contributed by atoms with Gasteiger partial charge in [-0.15, -0.1) is 21.5 Å². The van der Waals surface area contributed by atoms with Gasteiger partial charge in [0, 0.05) is 16.1 Å². The van der Waals surface area contributed by atoms with E-state index in [2.05, 4.69) is 20.7 Å². The number of carbonyl (C=O) groups excluding carboxylic acids is 1. The molecule has 0 atom stereocenters. The second-order valence-electron chi connectivity index (χ2n) is 6.84. The smallest absolute Gasteiger partial charge is 0.250 e. The molecular weight excluding hydrogens is 426 g/mol. The minimum Gasteiger partial charge on any atom is -0.272 e. The second-order valence-corrected chi connectivity index (χ2v) is 8.73. The third kappa shape index (κ3) is 5.10. The molecule has 2 aromatic heterocycles. The first-order chi connectivity index (χ1) is 15.1. The molecule has 156 valence electrons. The molecule has 0 bridgehead atoms. The van der Waals surface area contributed by atoms with Gasteiger partial charge >= 0.3 is 0 Å². The Morgan fingerprint density at radius 3 is 2.55 bits per heavy atom. The van der Waals surface area contributed by atoms with Crippen molar-refractivity contribution in [1.82, 2.24) is 20.2 Å². The first kappa shape index (κ1) is 21.0. The average molecular weight is 448 g/mol. The summed E-state index contributed by atoms with van der Waals surface area (Å²) in [6.07, 6.45) is 0. The normalized spacial score (nSPS) is 11.5. The summed E-state index contributed by atoms with van der Waals surface area (Å²) in [5, 5.41) is 15.6. The molecule has 0 unspecified atom stereocenters. The van der Waals surface area contributed by atoms with Crippen molar-refractivity contribution in [2.24, 2.45) is 5.10 Å². The minimum atomic E-state index is -0.194. The van der Waals surface area contributed by atoms with Crippen LogP contribution in [0.25, 0.3) is 17.1 Å². The molecule has 1 amide bonds. The summed E-state index contributed by atoms with van der Waals surface area (Å²) in [6.45, 7) is 3.92. The maximum Gasteiger partial charge on any atom is 0.250 e. The summed E-state index contributed by atoms with van der Waals surface area (Å²) in [7, 11) is 0. The number of nitrogens with zero attached hydrogens (tertiary/aromatic N) is 4. The first-order valence-corrected chi connectivity index (χ1v) is 11.6. The largest absolute Gasteiger partial charge is 0.272 e. The van der Waals surface area contributed by atoms with Gasteiger partial charge in [0.1, 0.15) is 0 Å². The Hall–Kier alpha value is -3.23. The molecule has 0 aliphatic heterocycles. The van der Waals surface area contributed by atoms with Crippen LogP contribution in [0.3, 0.4) is 0 Å². The molecule has 4 aromatic rings. The highest BCUT2D eigenvalue weighted by molar-refractivity contribution is 7.99. The molecule has 8 heteroatoms. The van der Waals surface area contributed by atoms with Crippen molar-refractivity contribution < 1.29 is 4.79 Å². The second kappa shape index (κ2) is 9.72. The van der Waals surface area contributed by atoms with E-state index in [9.17, 15) is 4.79 Å². The summed E-state index contributed by atoms with van der Waals surface area (Å²) in [5.74, 6) is 0.722. The van der Waals surface area contributed by atoms with Crippen LogP contribution in [-0.4, -0.2) is 32.1 Å². The fourth-order valence-electron chi connectivity index (χ4n) is 2.91. The molecular formula is C23H21N5OS2. The van der Waals surface area contributed by atoms with Crippen molar-refractivity contribution in [3.05, 3.63) is 82.6 Å². The number of rotatable bonds is 7. The van der Waals surface area contributed by atoms with E-state index in [1.807, 2.05) is 90.5 Å². The minimum absolute atomic E-state index is 0.181. The SMILES string of the molecule is CC(=NNC(=O)CSc1nnc(-c2ccccc2)n1-c1ccc(C)cc1)c1cccs1. The monoisotopic (exact) mass is 447 g/mol. The molecule has 4 rings (SSSR count). The van der Waals surface area contributed by atoms with E-state index < -0.39 is 0 Å². The molecule has 31 heavy (non-hydrogen) atoms. The number of hydrazone groups is 1. The van der Waals surface area contributed by atoms with Crippen molar-refractivity contribution >= 4 is 34.7 Å². The number of thioether (sulfide) groups is 1. The maximum absolute atomic E-state index is 12.4. The predicted octanol–water partition coefficient (Wildman–Crippen LogP) is 4.94. The molecule has 0 spiro atoms. The predicted molar refractivity (Wildman–Crippen MR) is 127 cm³/mol. The van der Waals surface area contributed by atoms with Crippen LogP contribution < -0.4 is 5.43 Å². The van der Waals surface area contributed by atoms with Gasteiger partial charge in [0.15, 0.2) is 11.0 Å². The lowest BCUT2D eigenvalue weighted by atomic mass is 10.2. The number of benzene rings is 2. The highest BCUT2D eigenvalue weighted by Crippen LogP contribution is 2.28. The van der Waals surface area contributed by atoms with Crippen molar-refractivity contribution in [2.75, 3.05) is 5.75 Å². The molecule has 1 N–H and O–H groups in total. The van der Waals surface area contributed by atoms with Crippen LogP contribution >= 0.6 is 23.1 Å². The topological polar surface area (TPSA) is 72.2 Å². The van der Waals surface area contributed by atoms with E-state index in [0.717, 1.165) is 27.7 Å². The van der Waals surface area contributed by atoms with E-state index in [1.54, 1.807) is 11.3 Å². The lowest BCUT2D eigenvalue weighted by molar-refractivity contribution is -0.118. The van der Waals surface area contributed by atoms with Crippen LogP contribution in [0.15, 0.2) is 82.4 Å². The number of aryl methyl sites for hydroxylation is 1. The van der Waals surface area contributed by atoms with Crippen LogP contribution in [0.5, 0.6) is 0 Å². The lowest BCUT2D eigenvalue weighted by Gasteiger charge is -2.10. The quantitative estimate of drug-likeness (QED) is 0.248. The number of nitrogens with one attached hydrogen (secondary N) is 1. The summed E-state index contributed by atoms with van der Waals surface area (Å²) < 4.78 is 1.98. The van der Waals surface area contributed by atoms with E-state index >= 15 is 0 Å². The van der Waals surface area contributed by atoms with Gasteiger partial charge in [0.2, 0.25) is 0 Å². The fraction of sp³-hybridized carbons (Fsp3) is 0.130. The number of carbonyl (C=O) groups is 1. The zero-order valence-corrected chi connectivity index (χ0v) is 18.8. The molecule has 0 aliphatic carbocycles. The van der Waals surface area contributed by atoms with Crippen molar-refractivity contribution in [3.8, 4) is 17.1 Å². The Bertz CT molecular complexity index is 1180. The number of aromatic nitrogens is 3. The van der Waals surface area contributed by atoms with E-state index in [-0.39, 0.29) is 11.7 Å². The number of hydrogen-bond donors (Lipinski definition) is 1. The Morgan fingerprint density at radius 2 is 1.84 bits per heavy atom. The van der Waals surface area contributed by atoms with E-state index in [1.165, 1.54) is 17.3 Å². The zero-order chi connectivity index (χ0) is 21.6. The molecule has 0 radical (unpaired) electrons. The maximum atomic E-state index is 12.4. The highest BCUT2D eigenvalue weighted by Gasteiger charge is 2.17. The third-order valence-corrected chi connectivity index (χ3v) is 6.42. The average Bonchev–Trinajstić information content (AvgIpc) is 3.48. The van der Waals surface area contributed by atoms with Gasteiger partial charge in [-0.1, -0.05) is 65.9 Å². The molecule has 0 saturated carbocycles. The van der Waals surface area contributed by atoms with Crippen molar-refractivity contribution in [1.29, 1.82) is 0 Å². The van der Waals surface area contributed by atoms with Crippen LogP contribution in [0.4, 0.5) is 0 Å². The molecule has 0 fully saturated rings. The van der Waals surface area contributed by atoms with E-state index in [4.69, 9.17) is 0 Å². The van der Waals surface area contributed by atoms with Crippen LogP contribution in [0.2, 0.25) is 0 Å². The van der Waals surface area contributed by atoms with Gasteiger partial charge in [-0.2, -0.15) is 5.10 Å². The van der Waals surface area contributed by atoms with Gasteiger partial charge in [-0.3, -0.25) is 9.36 Å². The Morgan fingerprint density at radius 1 is 1.06 bits per heavy atom. The van der Waals surface area contributed by atoms with Gasteiger partial charge in [-0.05, 0) is 37.4 Å². The zero-order valence-electron chi connectivity index (χ0n) is 17.1. The van der Waals surface area contributed by atoms with Crippen molar-refractivity contribution in [2.45, 2.75) is 19.0 Å². The number of hydrogen-bond acceptors (Lipinski definition) is 6. The van der Waals surface area contributed by atoms with Gasteiger partial charge in [0.05, 0.1) is 11.5 Å². The summed E-state index contributed by atoms with van der Waals surface area (Å²) in [5.41, 5.74) is 6.48. The fourth-order valence-corrected chi connectivity index (χ4v) is 4.33. The lowest BCUT2D eigenvalue weighted by Crippen LogP contribution is -2.21. The summed E-state index contributed by atoms with van der Waals surface area (Å²) in [4.78, 5) is 13.4. The summed E-state index contributed by atoms with van der Waals surface area (Å²) >= 11 is 2.91. The highest BCUT2D eigenvalue weighted by atomic mass is 32.2. The van der Waals surface area contributed by atoms with Crippen LogP contribution in [0.1, 0.15) is 17.4 Å². The first-order valence-electron chi connectivity index (χ1n) is 9.69. The summed E-state index contributed by atoms with van der Waals surface area (Å²) in [6, 6.07) is 22.0. The Labute approximate surface area is 189 Å². The van der Waals surface area contributed by atoms with Gasteiger partial charge in [0.25, 0.3) is 5.91 Å². The third-order valence-electron chi connectivity index (χ3n) is 4.52. The Balaban J connectivity index is 1.54. The number of thiophene rings is 1. The standard InChI is InChI=1S/C23H21N5OS2/c1-16-10-12-19(13-11-16)28-22(18-7-4-3-5-8-18)26-27-23(28)31-15-21(29)25-24-17(2)20-9-6-14-30-20/h3-14H,15H2,1-2H3,(H,25,29). The molecule has 0 saturated heterocycles. The molecule has 2 heterocycles. The van der Waals surface area contributed by atoms with Crippen LogP contribution in [-0.2, 0) is 4.79 Å². The molecule has 2 aromatic carbocycles. The molecule has 6 nitrogen and oxygen atoms in total. The van der Waals surface area contributed by atoms with Gasteiger partial charge < -0.3 is 0 Å². The van der Waals surface area contributed by atoms with Gasteiger partial charge in [-0.25, -0.2) is 5.43 Å². The molecule has 0 aliphatic rings.